The minimum atomic E-state index is 0.901. The molecule has 3 heteroatoms. The normalized spacial score (nSPS) is 14.5. The average molecular weight is 225 g/mol. The molecule has 1 aliphatic rings. The maximum absolute atomic E-state index is 6.29. The SMILES string of the molecule is CNCCc1cc(Cl)c2c(c1)CCN2C. The van der Waals surface area contributed by atoms with Gasteiger partial charge in [-0.1, -0.05) is 17.7 Å². The summed E-state index contributed by atoms with van der Waals surface area (Å²) in [5, 5.41) is 4.06. The van der Waals surface area contributed by atoms with Crippen LogP contribution in [-0.2, 0) is 12.8 Å². The Morgan fingerprint density at radius 3 is 3.00 bits per heavy atom. The van der Waals surface area contributed by atoms with Gasteiger partial charge in [-0.2, -0.15) is 0 Å². The first kappa shape index (κ1) is 10.8. The van der Waals surface area contributed by atoms with Gasteiger partial charge in [0.05, 0.1) is 10.7 Å². The number of anilines is 1. The number of fused-ring (bicyclic) bond motifs is 1. The van der Waals surface area contributed by atoms with Crippen LogP contribution in [0.4, 0.5) is 5.69 Å². The van der Waals surface area contributed by atoms with E-state index >= 15 is 0 Å². The van der Waals surface area contributed by atoms with E-state index in [-0.39, 0.29) is 0 Å². The minimum Gasteiger partial charge on any atom is -0.373 e. The quantitative estimate of drug-likeness (QED) is 0.846. The van der Waals surface area contributed by atoms with Gasteiger partial charge in [0.15, 0.2) is 0 Å². The lowest BCUT2D eigenvalue weighted by atomic mass is 10.1. The summed E-state index contributed by atoms with van der Waals surface area (Å²) in [6, 6.07) is 4.39. The molecule has 0 spiro atoms. The molecule has 1 heterocycles. The summed E-state index contributed by atoms with van der Waals surface area (Å²) in [7, 11) is 4.08. The van der Waals surface area contributed by atoms with Crippen LogP contribution in [0.15, 0.2) is 12.1 Å². The predicted octanol–water partition coefficient (Wildman–Crippen LogP) is 2.09. The van der Waals surface area contributed by atoms with Gasteiger partial charge in [0.1, 0.15) is 0 Å². The number of rotatable bonds is 3. The van der Waals surface area contributed by atoms with Gasteiger partial charge in [-0.25, -0.2) is 0 Å². The molecule has 0 aliphatic carbocycles. The molecule has 0 aromatic heterocycles. The zero-order valence-corrected chi connectivity index (χ0v) is 10.1. The lowest BCUT2D eigenvalue weighted by Crippen LogP contribution is -2.13. The highest BCUT2D eigenvalue weighted by molar-refractivity contribution is 6.33. The maximum Gasteiger partial charge on any atom is 0.0645 e. The van der Waals surface area contributed by atoms with Crippen molar-refractivity contribution in [3.05, 3.63) is 28.3 Å². The molecule has 82 valence electrons. The van der Waals surface area contributed by atoms with Gasteiger partial charge in [-0.15, -0.1) is 0 Å². The molecule has 1 N–H and O–H groups in total. The Bertz CT molecular complexity index is 363. The fourth-order valence-corrected chi connectivity index (χ4v) is 2.56. The van der Waals surface area contributed by atoms with E-state index in [0.717, 1.165) is 31.0 Å². The second-order valence-corrected chi connectivity index (χ2v) is 4.52. The summed E-state index contributed by atoms with van der Waals surface area (Å²) in [6.07, 6.45) is 2.17. The summed E-state index contributed by atoms with van der Waals surface area (Å²) in [5.41, 5.74) is 3.96. The number of hydrogen-bond donors (Lipinski definition) is 1. The highest BCUT2D eigenvalue weighted by Gasteiger charge is 2.19. The Hall–Kier alpha value is -0.730. The minimum absolute atomic E-state index is 0.901. The van der Waals surface area contributed by atoms with Crippen molar-refractivity contribution in [3.63, 3.8) is 0 Å². The third-order valence-corrected chi connectivity index (χ3v) is 3.25. The van der Waals surface area contributed by atoms with E-state index in [0.29, 0.717) is 0 Å². The van der Waals surface area contributed by atoms with Gasteiger partial charge in [0.2, 0.25) is 0 Å². The molecule has 0 bridgehead atoms. The maximum atomic E-state index is 6.29. The van der Waals surface area contributed by atoms with E-state index in [4.69, 9.17) is 11.6 Å². The molecule has 1 aromatic rings. The molecule has 0 radical (unpaired) electrons. The lowest BCUT2D eigenvalue weighted by Gasteiger charge is -2.14. The zero-order chi connectivity index (χ0) is 10.8. The van der Waals surface area contributed by atoms with Crippen molar-refractivity contribution < 1.29 is 0 Å². The molecule has 2 rings (SSSR count). The third kappa shape index (κ3) is 2.11. The topological polar surface area (TPSA) is 15.3 Å². The van der Waals surface area contributed by atoms with E-state index in [1.54, 1.807) is 0 Å². The van der Waals surface area contributed by atoms with Crippen molar-refractivity contribution in [1.29, 1.82) is 0 Å². The van der Waals surface area contributed by atoms with E-state index in [2.05, 4.69) is 29.4 Å². The summed E-state index contributed by atoms with van der Waals surface area (Å²) in [5.74, 6) is 0. The average Bonchev–Trinajstić information content (AvgIpc) is 2.58. The summed E-state index contributed by atoms with van der Waals surface area (Å²) in [4.78, 5) is 2.24. The second kappa shape index (κ2) is 4.42. The molecule has 15 heavy (non-hydrogen) atoms. The van der Waals surface area contributed by atoms with E-state index in [9.17, 15) is 0 Å². The first-order valence-corrected chi connectivity index (χ1v) is 5.77. The number of hydrogen-bond acceptors (Lipinski definition) is 2. The van der Waals surface area contributed by atoms with Gasteiger partial charge in [-0.3, -0.25) is 0 Å². The second-order valence-electron chi connectivity index (χ2n) is 4.11. The summed E-state index contributed by atoms with van der Waals surface area (Å²) >= 11 is 6.29. The van der Waals surface area contributed by atoms with E-state index in [1.807, 2.05) is 7.05 Å². The highest BCUT2D eigenvalue weighted by Crippen LogP contribution is 2.35. The van der Waals surface area contributed by atoms with Crippen LogP contribution in [0.2, 0.25) is 5.02 Å². The molecule has 0 atom stereocenters. The van der Waals surface area contributed by atoms with E-state index < -0.39 is 0 Å². The first-order valence-electron chi connectivity index (χ1n) is 5.39. The predicted molar refractivity (Wildman–Crippen MR) is 66.1 cm³/mol. The molecule has 0 saturated heterocycles. The third-order valence-electron chi connectivity index (χ3n) is 2.96. The summed E-state index contributed by atoms with van der Waals surface area (Å²) < 4.78 is 0. The number of halogens is 1. The molecule has 2 nitrogen and oxygen atoms in total. The fraction of sp³-hybridized carbons (Fsp3) is 0.500. The molecule has 0 amide bonds. The molecular weight excluding hydrogens is 208 g/mol. The van der Waals surface area contributed by atoms with Crippen molar-refractivity contribution in [1.82, 2.24) is 5.32 Å². The molecule has 1 aromatic carbocycles. The van der Waals surface area contributed by atoms with Crippen LogP contribution in [-0.4, -0.2) is 27.2 Å². The largest absolute Gasteiger partial charge is 0.373 e. The Kier molecular flexibility index (Phi) is 3.17. The number of likely N-dealkylation sites (N-methyl/N-ethyl adjacent to an activating group) is 2. The Morgan fingerprint density at radius 2 is 2.27 bits per heavy atom. The van der Waals surface area contributed by atoms with Crippen molar-refractivity contribution in [3.8, 4) is 0 Å². The number of nitrogens with zero attached hydrogens (tertiary/aromatic N) is 1. The monoisotopic (exact) mass is 224 g/mol. The van der Waals surface area contributed by atoms with Crippen LogP contribution in [0.3, 0.4) is 0 Å². The molecule has 0 saturated carbocycles. The van der Waals surface area contributed by atoms with Crippen LogP contribution < -0.4 is 10.2 Å². The van der Waals surface area contributed by atoms with Gasteiger partial charge in [0, 0.05) is 13.6 Å². The van der Waals surface area contributed by atoms with Crippen LogP contribution >= 0.6 is 11.6 Å². The molecule has 1 aliphatic heterocycles. The Labute approximate surface area is 96.2 Å². The molecule has 0 unspecified atom stereocenters. The van der Waals surface area contributed by atoms with Gasteiger partial charge < -0.3 is 10.2 Å². The molecule has 0 fully saturated rings. The van der Waals surface area contributed by atoms with Crippen LogP contribution in [0.25, 0.3) is 0 Å². The van der Waals surface area contributed by atoms with Crippen molar-refractivity contribution in [2.24, 2.45) is 0 Å². The molecular formula is C12H17ClN2. The number of nitrogens with one attached hydrogen (secondary N) is 1. The van der Waals surface area contributed by atoms with Crippen molar-refractivity contribution >= 4 is 17.3 Å². The van der Waals surface area contributed by atoms with Crippen LogP contribution in [0.5, 0.6) is 0 Å². The van der Waals surface area contributed by atoms with Gasteiger partial charge >= 0.3 is 0 Å². The fourth-order valence-electron chi connectivity index (χ4n) is 2.15. The summed E-state index contributed by atoms with van der Waals surface area (Å²) in [6.45, 7) is 2.09. The standard InChI is InChI=1S/C12H17ClN2/c1-14-5-3-9-7-10-4-6-15(2)12(10)11(13)8-9/h7-8,14H,3-6H2,1-2H3. The Balaban J connectivity index is 2.27. The first-order chi connectivity index (χ1) is 7.22. The van der Waals surface area contributed by atoms with Crippen molar-refractivity contribution in [2.45, 2.75) is 12.8 Å². The lowest BCUT2D eigenvalue weighted by molar-refractivity contribution is 0.791. The van der Waals surface area contributed by atoms with Crippen molar-refractivity contribution in [2.75, 3.05) is 32.1 Å². The Morgan fingerprint density at radius 1 is 1.47 bits per heavy atom. The van der Waals surface area contributed by atoms with Crippen LogP contribution in [0, 0.1) is 0 Å². The van der Waals surface area contributed by atoms with E-state index in [1.165, 1.54) is 16.8 Å². The van der Waals surface area contributed by atoms with Gasteiger partial charge in [-0.05, 0) is 43.6 Å². The number of benzene rings is 1. The van der Waals surface area contributed by atoms with Crippen LogP contribution in [0.1, 0.15) is 11.1 Å². The zero-order valence-electron chi connectivity index (χ0n) is 9.31. The van der Waals surface area contributed by atoms with Gasteiger partial charge in [0.25, 0.3) is 0 Å². The smallest absolute Gasteiger partial charge is 0.0645 e. The highest BCUT2D eigenvalue weighted by atomic mass is 35.5.